The molecule has 0 radical (unpaired) electrons. The van der Waals surface area contributed by atoms with Crippen molar-refractivity contribution >= 4 is 10.0 Å². The number of sulfonamides is 1. The summed E-state index contributed by atoms with van der Waals surface area (Å²) >= 11 is 0. The first-order valence-electron chi connectivity index (χ1n) is 4.12. The smallest absolute Gasteiger partial charge is 0.211 e. The highest BCUT2D eigenvalue weighted by molar-refractivity contribution is 7.88. The lowest BCUT2D eigenvalue weighted by Crippen LogP contribution is -2.47. The van der Waals surface area contributed by atoms with Gasteiger partial charge in [-0.25, -0.2) is 12.7 Å². The predicted molar refractivity (Wildman–Crippen MR) is 48.2 cm³/mol. The van der Waals surface area contributed by atoms with E-state index in [4.69, 9.17) is 5.73 Å². The molecule has 2 unspecified atom stereocenters. The minimum atomic E-state index is -3.00. The van der Waals surface area contributed by atoms with Gasteiger partial charge < -0.3 is 5.73 Å². The van der Waals surface area contributed by atoms with Crippen LogP contribution in [0.4, 0.5) is 0 Å². The van der Waals surface area contributed by atoms with Crippen LogP contribution in [-0.4, -0.2) is 38.1 Å². The Morgan fingerprint density at radius 1 is 1.50 bits per heavy atom. The van der Waals surface area contributed by atoms with E-state index in [0.717, 1.165) is 6.42 Å². The fourth-order valence-electron chi connectivity index (χ4n) is 1.43. The maximum Gasteiger partial charge on any atom is 0.211 e. The van der Waals surface area contributed by atoms with Crippen LogP contribution in [0.1, 0.15) is 13.3 Å². The standard InChI is InChI=1S/C7H16N2O2S/c1-6-5-9(12(2,10)11)4-3-7(6)8/h6-7H,3-5,8H2,1-2H3. The zero-order valence-corrected chi connectivity index (χ0v) is 8.34. The SMILES string of the molecule is CC1CN(S(C)(=O)=O)CCC1N. The second-order valence-electron chi connectivity index (χ2n) is 3.55. The molecule has 1 aliphatic heterocycles. The summed E-state index contributed by atoms with van der Waals surface area (Å²) in [5.74, 6) is 0.272. The van der Waals surface area contributed by atoms with Crippen molar-refractivity contribution in [2.24, 2.45) is 11.7 Å². The third-order valence-corrected chi connectivity index (χ3v) is 3.67. The Morgan fingerprint density at radius 3 is 2.50 bits per heavy atom. The maximum absolute atomic E-state index is 11.1. The highest BCUT2D eigenvalue weighted by atomic mass is 32.2. The Morgan fingerprint density at radius 2 is 2.08 bits per heavy atom. The molecule has 1 saturated heterocycles. The first-order chi connectivity index (χ1) is 5.41. The van der Waals surface area contributed by atoms with Crippen LogP contribution in [0.3, 0.4) is 0 Å². The van der Waals surface area contributed by atoms with Crippen LogP contribution in [0, 0.1) is 5.92 Å². The van der Waals surface area contributed by atoms with Gasteiger partial charge in [-0.1, -0.05) is 6.92 Å². The molecule has 1 rings (SSSR count). The monoisotopic (exact) mass is 192 g/mol. The van der Waals surface area contributed by atoms with Gasteiger partial charge in [0, 0.05) is 19.1 Å². The van der Waals surface area contributed by atoms with E-state index in [0.29, 0.717) is 13.1 Å². The molecule has 1 heterocycles. The lowest BCUT2D eigenvalue weighted by atomic mass is 9.96. The molecular weight excluding hydrogens is 176 g/mol. The third kappa shape index (κ3) is 2.18. The van der Waals surface area contributed by atoms with E-state index in [1.165, 1.54) is 10.6 Å². The zero-order valence-electron chi connectivity index (χ0n) is 7.53. The van der Waals surface area contributed by atoms with Crippen LogP contribution in [0.5, 0.6) is 0 Å². The van der Waals surface area contributed by atoms with Crippen molar-refractivity contribution in [3.8, 4) is 0 Å². The molecule has 0 saturated carbocycles. The summed E-state index contributed by atoms with van der Waals surface area (Å²) in [6.45, 7) is 3.13. The number of hydrogen-bond donors (Lipinski definition) is 1. The van der Waals surface area contributed by atoms with Crippen LogP contribution in [0.15, 0.2) is 0 Å². The van der Waals surface area contributed by atoms with Crippen molar-refractivity contribution in [2.75, 3.05) is 19.3 Å². The lowest BCUT2D eigenvalue weighted by Gasteiger charge is -2.33. The lowest BCUT2D eigenvalue weighted by molar-refractivity contribution is 0.251. The van der Waals surface area contributed by atoms with Gasteiger partial charge in [0.25, 0.3) is 0 Å². The first-order valence-corrected chi connectivity index (χ1v) is 5.97. The molecule has 5 heteroatoms. The fourth-order valence-corrected chi connectivity index (χ4v) is 2.37. The van der Waals surface area contributed by atoms with Gasteiger partial charge in [0.15, 0.2) is 0 Å². The highest BCUT2D eigenvalue weighted by Gasteiger charge is 2.27. The second-order valence-corrected chi connectivity index (χ2v) is 5.53. The van der Waals surface area contributed by atoms with Gasteiger partial charge in [0.2, 0.25) is 10.0 Å². The molecule has 2 N–H and O–H groups in total. The Labute approximate surface area is 73.8 Å². The Balaban J connectivity index is 2.64. The average Bonchev–Trinajstić information content (AvgIpc) is 1.92. The van der Waals surface area contributed by atoms with E-state index in [1.807, 2.05) is 6.92 Å². The van der Waals surface area contributed by atoms with E-state index < -0.39 is 10.0 Å². The van der Waals surface area contributed by atoms with Crippen molar-refractivity contribution < 1.29 is 8.42 Å². The largest absolute Gasteiger partial charge is 0.327 e. The van der Waals surface area contributed by atoms with Gasteiger partial charge in [-0.3, -0.25) is 0 Å². The Bertz CT molecular complexity index is 250. The van der Waals surface area contributed by atoms with Crippen molar-refractivity contribution in [2.45, 2.75) is 19.4 Å². The first kappa shape index (κ1) is 9.95. The third-order valence-electron chi connectivity index (χ3n) is 2.40. The van der Waals surface area contributed by atoms with E-state index in [-0.39, 0.29) is 12.0 Å². The molecule has 0 bridgehead atoms. The molecule has 0 aliphatic carbocycles. The highest BCUT2D eigenvalue weighted by Crippen LogP contribution is 2.16. The summed E-state index contributed by atoms with van der Waals surface area (Å²) in [6, 6.07) is 0.156. The van der Waals surface area contributed by atoms with Gasteiger partial charge in [-0.05, 0) is 12.3 Å². The summed E-state index contributed by atoms with van der Waals surface area (Å²) in [5, 5.41) is 0. The molecule has 0 aromatic rings. The molecule has 0 spiro atoms. The molecule has 1 fully saturated rings. The van der Waals surface area contributed by atoms with Crippen LogP contribution in [0.2, 0.25) is 0 Å². The molecule has 0 aromatic heterocycles. The predicted octanol–water partition coefficient (Wildman–Crippen LogP) is -0.385. The maximum atomic E-state index is 11.1. The van der Waals surface area contributed by atoms with E-state index in [2.05, 4.69) is 0 Å². The van der Waals surface area contributed by atoms with E-state index in [9.17, 15) is 8.42 Å². The van der Waals surface area contributed by atoms with Crippen molar-refractivity contribution in [3.63, 3.8) is 0 Å². The number of piperidine rings is 1. The van der Waals surface area contributed by atoms with Crippen molar-refractivity contribution in [1.29, 1.82) is 0 Å². The van der Waals surface area contributed by atoms with Gasteiger partial charge >= 0.3 is 0 Å². The normalized spacial score (nSPS) is 33.6. The Kier molecular flexibility index (Phi) is 2.75. The molecule has 2 atom stereocenters. The zero-order chi connectivity index (χ0) is 9.35. The molecule has 12 heavy (non-hydrogen) atoms. The quantitative estimate of drug-likeness (QED) is 0.615. The summed E-state index contributed by atoms with van der Waals surface area (Å²) in [6.07, 6.45) is 2.02. The second kappa shape index (κ2) is 3.32. The minimum Gasteiger partial charge on any atom is -0.327 e. The fraction of sp³-hybridized carbons (Fsp3) is 1.00. The molecule has 1 aliphatic rings. The summed E-state index contributed by atoms with van der Waals surface area (Å²) < 4.78 is 23.7. The number of hydrogen-bond acceptors (Lipinski definition) is 3. The minimum absolute atomic E-state index is 0.156. The average molecular weight is 192 g/mol. The molecular formula is C7H16N2O2S. The molecule has 72 valence electrons. The van der Waals surface area contributed by atoms with Crippen molar-refractivity contribution in [1.82, 2.24) is 4.31 Å². The van der Waals surface area contributed by atoms with Crippen LogP contribution in [-0.2, 0) is 10.0 Å². The molecule has 4 nitrogen and oxygen atoms in total. The van der Waals surface area contributed by atoms with Crippen LogP contribution < -0.4 is 5.73 Å². The van der Waals surface area contributed by atoms with Crippen LogP contribution in [0.25, 0.3) is 0 Å². The topological polar surface area (TPSA) is 63.4 Å². The Hall–Kier alpha value is -0.130. The van der Waals surface area contributed by atoms with E-state index >= 15 is 0 Å². The summed E-state index contributed by atoms with van der Waals surface area (Å²) in [7, 11) is -3.00. The van der Waals surface area contributed by atoms with Gasteiger partial charge in [-0.15, -0.1) is 0 Å². The number of nitrogens with zero attached hydrogens (tertiary/aromatic N) is 1. The van der Waals surface area contributed by atoms with Gasteiger partial charge in [-0.2, -0.15) is 0 Å². The molecule has 0 aromatic carbocycles. The van der Waals surface area contributed by atoms with Gasteiger partial charge in [0.05, 0.1) is 6.26 Å². The molecule has 0 amide bonds. The van der Waals surface area contributed by atoms with Gasteiger partial charge in [0.1, 0.15) is 0 Å². The summed E-state index contributed by atoms with van der Waals surface area (Å²) in [5.41, 5.74) is 5.76. The number of nitrogens with two attached hydrogens (primary N) is 1. The van der Waals surface area contributed by atoms with Crippen LogP contribution >= 0.6 is 0 Å². The van der Waals surface area contributed by atoms with E-state index in [1.54, 1.807) is 0 Å². The van der Waals surface area contributed by atoms with Crippen molar-refractivity contribution in [3.05, 3.63) is 0 Å². The summed E-state index contributed by atoms with van der Waals surface area (Å²) in [4.78, 5) is 0. The number of rotatable bonds is 1.